The molecule has 4 heteroatoms. The molecule has 0 saturated carbocycles. The summed E-state index contributed by atoms with van der Waals surface area (Å²) in [5.41, 5.74) is 0. The smallest absolute Gasteiger partial charge is 0.237 e. The van der Waals surface area contributed by atoms with E-state index in [0.29, 0.717) is 18.6 Å². The topological polar surface area (TPSA) is 44.4 Å². The lowest BCUT2D eigenvalue weighted by Gasteiger charge is -2.42. The van der Waals surface area contributed by atoms with E-state index < -0.39 is 0 Å². The molecule has 1 amide bonds. The lowest BCUT2D eigenvalue weighted by atomic mass is 9.93. The van der Waals surface area contributed by atoms with E-state index in [0.717, 1.165) is 13.1 Å². The fourth-order valence-electron chi connectivity index (χ4n) is 3.40. The van der Waals surface area contributed by atoms with Crippen LogP contribution in [0, 0.1) is 0 Å². The van der Waals surface area contributed by atoms with Gasteiger partial charge in [-0.3, -0.25) is 9.69 Å². The predicted molar refractivity (Wildman–Crippen MR) is 78.0 cm³/mol. The average Bonchev–Trinajstić information content (AvgIpc) is 2.98. The number of rotatable bonds is 5. The third-order valence-electron chi connectivity index (χ3n) is 4.45. The highest BCUT2D eigenvalue weighted by Gasteiger charge is 2.35. The molecule has 2 saturated heterocycles. The van der Waals surface area contributed by atoms with E-state index in [2.05, 4.69) is 22.1 Å². The molecule has 3 atom stereocenters. The minimum Gasteiger partial charge on any atom is -0.351 e. The molecule has 2 rings (SSSR count). The van der Waals surface area contributed by atoms with Crippen LogP contribution in [0.25, 0.3) is 0 Å². The Morgan fingerprint density at radius 1 is 1.47 bits per heavy atom. The number of nitrogens with one attached hydrogen (secondary N) is 2. The first kappa shape index (κ1) is 14.5. The number of hydrogen-bond donors (Lipinski definition) is 2. The summed E-state index contributed by atoms with van der Waals surface area (Å²) in [6.45, 7) is 8.41. The van der Waals surface area contributed by atoms with Gasteiger partial charge in [0.25, 0.3) is 0 Å². The first-order chi connectivity index (χ1) is 9.24. The van der Waals surface area contributed by atoms with Crippen molar-refractivity contribution in [3.63, 3.8) is 0 Å². The van der Waals surface area contributed by atoms with Gasteiger partial charge in [-0.2, -0.15) is 0 Å². The Bertz CT molecular complexity index is 313. The van der Waals surface area contributed by atoms with E-state index in [1.54, 1.807) is 6.08 Å². The minimum atomic E-state index is -0.0346. The van der Waals surface area contributed by atoms with Crippen molar-refractivity contribution in [3.05, 3.63) is 12.7 Å². The molecule has 0 bridgehead atoms. The van der Waals surface area contributed by atoms with Crippen LogP contribution in [-0.4, -0.2) is 48.6 Å². The van der Waals surface area contributed by atoms with Crippen molar-refractivity contribution in [2.24, 2.45) is 0 Å². The number of nitrogens with zero attached hydrogens (tertiary/aromatic N) is 1. The molecule has 2 aliphatic rings. The molecule has 0 aromatic carbocycles. The number of carbonyl (C=O) groups is 1. The van der Waals surface area contributed by atoms with Gasteiger partial charge in [0.1, 0.15) is 0 Å². The second kappa shape index (κ2) is 7.06. The fourth-order valence-corrected chi connectivity index (χ4v) is 3.40. The first-order valence-corrected chi connectivity index (χ1v) is 7.61. The van der Waals surface area contributed by atoms with Gasteiger partial charge < -0.3 is 10.6 Å². The molecule has 0 aliphatic carbocycles. The van der Waals surface area contributed by atoms with Crippen LogP contribution in [0.5, 0.6) is 0 Å². The van der Waals surface area contributed by atoms with Crippen molar-refractivity contribution in [3.8, 4) is 0 Å². The fraction of sp³-hybridized carbons (Fsp3) is 0.800. The van der Waals surface area contributed by atoms with Crippen molar-refractivity contribution in [1.82, 2.24) is 15.5 Å². The Morgan fingerprint density at radius 2 is 2.32 bits per heavy atom. The number of carbonyl (C=O) groups excluding carboxylic acids is 1. The summed E-state index contributed by atoms with van der Waals surface area (Å²) in [7, 11) is 0. The number of amides is 1. The minimum absolute atomic E-state index is 0.0346. The zero-order chi connectivity index (χ0) is 13.7. The van der Waals surface area contributed by atoms with Crippen LogP contribution < -0.4 is 10.6 Å². The van der Waals surface area contributed by atoms with E-state index >= 15 is 0 Å². The molecule has 0 aromatic heterocycles. The van der Waals surface area contributed by atoms with Crippen LogP contribution in [0.2, 0.25) is 0 Å². The Hall–Kier alpha value is -0.870. The molecule has 3 unspecified atom stereocenters. The summed E-state index contributed by atoms with van der Waals surface area (Å²) in [5.74, 6) is 0.129. The molecule has 108 valence electrons. The first-order valence-electron chi connectivity index (χ1n) is 7.61. The largest absolute Gasteiger partial charge is 0.351 e. The maximum Gasteiger partial charge on any atom is 0.237 e. The summed E-state index contributed by atoms with van der Waals surface area (Å²) in [4.78, 5) is 14.5. The Kier molecular flexibility index (Phi) is 5.40. The van der Waals surface area contributed by atoms with E-state index in [1.165, 1.54) is 32.1 Å². The zero-order valence-corrected chi connectivity index (χ0v) is 12.0. The molecule has 2 N–H and O–H groups in total. The maximum atomic E-state index is 12.1. The summed E-state index contributed by atoms with van der Waals surface area (Å²) in [5, 5.41) is 6.53. The van der Waals surface area contributed by atoms with E-state index in [1.807, 2.05) is 6.92 Å². The van der Waals surface area contributed by atoms with Gasteiger partial charge >= 0.3 is 0 Å². The van der Waals surface area contributed by atoms with E-state index in [9.17, 15) is 4.79 Å². The highest BCUT2D eigenvalue weighted by molar-refractivity contribution is 5.81. The van der Waals surface area contributed by atoms with Crippen molar-refractivity contribution < 1.29 is 4.79 Å². The molecule has 4 nitrogen and oxygen atoms in total. The van der Waals surface area contributed by atoms with Gasteiger partial charge in [-0.1, -0.05) is 12.5 Å². The highest BCUT2D eigenvalue weighted by atomic mass is 16.2. The molecular formula is C15H27N3O. The Balaban J connectivity index is 1.97. The number of piperidine rings is 1. The molecule has 19 heavy (non-hydrogen) atoms. The third-order valence-corrected chi connectivity index (χ3v) is 4.45. The standard InChI is InChI=1S/C15H27N3O/c1-3-9-17-15(19)12(2)18-11-5-4-8-14(18)13-7-6-10-16-13/h3,12-14,16H,1,4-11H2,2H3,(H,17,19). The molecule has 0 aromatic rings. The van der Waals surface area contributed by atoms with Crippen LogP contribution in [0.3, 0.4) is 0 Å². The van der Waals surface area contributed by atoms with E-state index in [4.69, 9.17) is 0 Å². The molecule has 2 fully saturated rings. The van der Waals surface area contributed by atoms with Gasteiger partial charge in [0.05, 0.1) is 6.04 Å². The van der Waals surface area contributed by atoms with Gasteiger partial charge in [-0.15, -0.1) is 6.58 Å². The van der Waals surface area contributed by atoms with Gasteiger partial charge in [-0.05, 0) is 45.7 Å². The second-order valence-corrected chi connectivity index (χ2v) is 5.71. The van der Waals surface area contributed by atoms with Crippen LogP contribution >= 0.6 is 0 Å². The predicted octanol–water partition coefficient (Wildman–Crippen LogP) is 1.28. The van der Waals surface area contributed by atoms with Crippen LogP contribution in [0.4, 0.5) is 0 Å². The molecule has 0 radical (unpaired) electrons. The normalized spacial score (nSPS) is 29.9. The SMILES string of the molecule is C=CCNC(=O)C(C)N1CCCCC1C1CCCN1. The molecule has 0 spiro atoms. The van der Waals surface area contributed by atoms with Crippen LogP contribution in [-0.2, 0) is 4.79 Å². The number of likely N-dealkylation sites (tertiary alicyclic amines) is 1. The average molecular weight is 265 g/mol. The monoisotopic (exact) mass is 265 g/mol. The zero-order valence-electron chi connectivity index (χ0n) is 12.0. The molecule has 2 heterocycles. The van der Waals surface area contributed by atoms with Crippen molar-refractivity contribution in [1.29, 1.82) is 0 Å². The van der Waals surface area contributed by atoms with Crippen LogP contribution in [0.15, 0.2) is 12.7 Å². The summed E-state index contributed by atoms with van der Waals surface area (Å²) >= 11 is 0. The van der Waals surface area contributed by atoms with Gasteiger partial charge in [0.2, 0.25) is 5.91 Å². The summed E-state index contributed by atoms with van der Waals surface area (Å²) < 4.78 is 0. The van der Waals surface area contributed by atoms with Gasteiger partial charge in [-0.25, -0.2) is 0 Å². The lowest BCUT2D eigenvalue weighted by Crippen LogP contribution is -2.57. The van der Waals surface area contributed by atoms with Gasteiger partial charge in [0.15, 0.2) is 0 Å². The number of hydrogen-bond acceptors (Lipinski definition) is 3. The lowest BCUT2D eigenvalue weighted by molar-refractivity contribution is -0.127. The van der Waals surface area contributed by atoms with Crippen LogP contribution in [0.1, 0.15) is 39.0 Å². The van der Waals surface area contributed by atoms with E-state index in [-0.39, 0.29) is 11.9 Å². The Morgan fingerprint density at radius 3 is 3.00 bits per heavy atom. The van der Waals surface area contributed by atoms with Crippen molar-refractivity contribution in [2.75, 3.05) is 19.6 Å². The maximum absolute atomic E-state index is 12.1. The van der Waals surface area contributed by atoms with Crippen molar-refractivity contribution >= 4 is 5.91 Å². The summed E-state index contributed by atoms with van der Waals surface area (Å²) in [6, 6.07) is 1.07. The highest BCUT2D eigenvalue weighted by Crippen LogP contribution is 2.26. The third kappa shape index (κ3) is 3.57. The molecular weight excluding hydrogens is 238 g/mol. The molecule has 2 aliphatic heterocycles. The summed E-state index contributed by atoms with van der Waals surface area (Å²) in [6.07, 6.45) is 7.98. The van der Waals surface area contributed by atoms with Crippen molar-refractivity contribution in [2.45, 2.75) is 57.2 Å². The Labute approximate surface area is 116 Å². The van der Waals surface area contributed by atoms with Gasteiger partial charge in [0, 0.05) is 18.6 Å². The quantitative estimate of drug-likeness (QED) is 0.736. The second-order valence-electron chi connectivity index (χ2n) is 5.71.